The number of unbranched alkanes of at least 4 members (excludes halogenated alkanes) is 8. The van der Waals surface area contributed by atoms with Crippen LogP contribution in [0.15, 0.2) is 0 Å². The number of hydrogen-bond donors (Lipinski definition) is 2. The highest BCUT2D eigenvalue weighted by Gasteiger charge is 2.10. The van der Waals surface area contributed by atoms with Gasteiger partial charge in [-0.2, -0.15) is 0 Å². The molecule has 2 N–H and O–H groups in total. The van der Waals surface area contributed by atoms with Crippen LogP contribution in [0.1, 0.15) is 64.7 Å². The summed E-state index contributed by atoms with van der Waals surface area (Å²) in [5.74, 6) is 0. The number of hydrogen-bond acceptors (Lipinski definition) is 1. The predicted molar refractivity (Wildman–Crippen MR) is 64.1 cm³/mol. The molecule has 0 heterocycles. The zero-order valence-corrected chi connectivity index (χ0v) is 10.7. The Kier molecular flexibility index (Phi) is 9.48. The summed E-state index contributed by atoms with van der Waals surface area (Å²) >= 11 is 0. The Hall–Kier alpha value is 0.150. The van der Waals surface area contributed by atoms with Gasteiger partial charge in [-0.05, 0) is 6.42 Å². The minimum Gasteiger partial charge on any atom is -0.324 e. The largest absolute Gasteiger partial charge is 0.325 e. The molecule has 4 heteroatoms. The van der Waals surface area contributed by atoms with Crippen LogP contribution in [0.25, 0.3) is 0 Å². The van der Waals surface area contributed by atoms with Crippen molar-refractivity contribution in [1.29, 1.82) is 0 Å². The van der Waals surface area contributed by atoms with E-state index in [2.05, 4.69) is 6.92 Å². The molecule has 0 aromatic heterocycles. The molecule has 0 fully saturated rings. The first-order chi connectivity index (χ1) is 7.06. The van der Waals surface area contributed by atoms with Crippen molar-refractivity contribution in [3.05, 3.63) is 0 Å². The molecule has 0 saturated heterocycles. The molecule has 0 amide bonds. The van der Waals surface area contributed by atoms with Crippen LogP contribution in [0, 0.1) is 0 Å². The van der Waals surface area contributed by atoms with Gasteiger partial charge in [-0.3, -0.25) is 4.57 Å². The van der Waals surface area contributed by atoms with Crippen LogP contribution >= 0.6 is 7.60 Å². The maximum absolute atomic E-state index is 10.5. The van der Waals surface area contributed by atoms with Gasteiger partial charge in [0.15, 0.2) is 0 Å². The van der Waals surface area contributed by atoms with Gasteiger partial charge in [0.2, 0.25) is 0 Å². The van der Waals surface area contributed by atoms with E-state index in [0.29, 0.717) is 6.42 Å². The molecule has 15 heavy (non-hydrogen) atoms. The van der Waals surface area contributed by atoms with Gasteiger partial charge in [0.1, 0.15) is 0 Å². The lowest BCUT2D eigenvalue weighted by atomic mass is 10.1. The highest BCUT2D eigenvalue weighted by atomic mass is 31.2. The molecule has 0 unspecified atom stereocenters. The van der Waals surface area contributed by atoms with E-state index in [1.807, 2.05) is 0 Å². The SMILES string of the molecule is CCCCCCCCCCCP(=O)(O)O. The lowest BCUT2D eigenvalue weighted by molar-refractivity contribution is 0.370. The first-order valence-electron chi connectivity index (χ1n) is 6.11. The second-order valence-corrected chi connectivity index (χ2v) is 5.99. The van der Waals surface area contributed by atoms with Gasteiger partial charge in [0.05, 0.1) is 0 Å². The average Bonchev–Trinajstić information content (AvgIpc) is 2.14. The van der Waals surface area contributed by atoms with Crippen LogP contribution in [-0.4, -0.2) is 15.9 Å². The Bertz CT molecular complexity index is 177. The van der Waals surface area contributed by atoms with Crippen molar-refractivity contribution < 1.29 is 14.4 Å². The molecule has 0 aliphatic rings. The third kappa shape index (κ3) is 14.2. The molecular weight excluding hydrogens is 211 g/mol. The lowest BCUT2D eigenvalue weighted by Gasteiger charge is -2.03. The van der Waals surface area contributed by atoms with E-state index in [0.717, 1.165) is 12.8 Å². The topological polar surface area (TPSA) is 57.5 Å². The second kappa shape index (κ2) is 9.38. The smallest absolute Gasteiger partial charge is 0.324 e. The molecule has 0 aliphatic heterocycles. The Morgan fingerprint density at radius 3 is 1.60 bits per heavy atom. The molecule has 92 valence electrons. The summed E-state index contributed by atoms with van der Waals surface area (Å²) in [6, 6.07) is 0. The second-order valence-electron chi connectivity index (χ2n) is 4.22. The van der Waals surface area contributed by atoms with Crippen LogP contribution in [0.5, 0.6) is 0 Å². The average molecular weight is 236 g/mol. The van der Waals surface area contributed by atoms with Gasteiger partial charge in [0.25, 0.3) is 0 Å². The van der Waals surface area contributed by atoms with E-state index < -0.39 is 7.60 Å². The Labute approximate surface area is 93.4 Å². The molecular formula is C11H25O3P. The van der Waals surface area contributed by atoms with Gasteiger partial charge in [-0.15, -0.1) is 0 Å². The third-order valence-electron chi connectivity index (χ3n) is 2.55. The van der Waals surface area contributed by atoms with Crippen molar-refractivity contribution in [2.75, 3.05) is 6.16 Å². The molecule has 0 spiro atoms. The zero-order valence-electron chi connectivity index (χ0n) is 9.82. The normalized spacial score (nSPS) is 11.9. The van der Waals surface area contributed by atoms with Gasteiger partial charge >= 0.3 is 7.60 Å². The molecule has 0 aliphatic carbocycles. The summed E-state index contributed by atoms with van der Waals surface area (Å²) < 4.78 is 10.5. The zero-order chi connectivity index (χ0) is 11.6. The Morgan fingerprint density at radius 2 is 1.20 bits per heavy atom. The fourth-order valence-corrected chi connectivity index (χ4v) is 2.26. The summed E-state index contributed by atoms with van der Waals surface area (Å²) in [4.78, 5) is 17.3. The molecule has 0 aromatic rings. The summed E-state index contributed by atoms with van der Waals surface area (Å²) in [5.41, 5.74) is 0. The van der Waals surface area contributed by atoms with E-state index in [-0.39, 0.29) is 6.16 Å². The molecule has 0 bridgehead atoms. The van der Waals surface area contributed by atoms with Crippen molar-refractivity contribution in [3.8, 4) is 0 Å². The van der Waals surface area contributed by atoms with Crippen molar-refractivity contribution in [1.82, 2.24) is 0 Å². The quantitative estimate of drug-likeness (QED) is 0.449. The fourth-order valence-electron chi connectivity index (χ4n) is 1.63. The van der Waals surface area contributed by atoms with Gasteiger partial charge in [0, 0.05) is 6.16 Å². The van der Waals surface area contributed by atoms with Crippen LogP contribution in [0.3, 0.4) is 0 Å². The first-order valence-corrected chi connectivity index (χ1v) is 7.90. The summed E-state index contributed by atoms with van der Waals surface area (Å²) in [5, 5.41) is 0. The van der Waals surface area contributed by atoms with Crippen molar-refractivity contribution in [3.63, 3.8) is 0 Å². The fraction of sp³-hybridized carbons (Fsp3) is 1.00. The third-order valence-corrected chi connectivity index (χ3v) is 3.45. The summed E-state index contributed by atoms with van der Waals surface area (Å²) in [6.45, 7) is 2.21. The van der Waals surface area contributed by atoms with E-state index >= 15 is 0 Å². The minimum absolute atomic E-state index is 0.0584. The summed E-state index contributed by atoms with van der Waals surface area (Å²) in [7, 11) is -3.74. The van der Waals surface area contributed by atoms with E-state index in [1.165, 1.54) is 38.5 Å². The van der Waals surface area contributed by atoms with Crippen LogP contribution < -0.4 is 0 Å². The molecule has 3 nitrogen and oxygen atoms in total. The van der Waals surface area contributed by atoms with E-state index in [1.54, 1.807) is 0 Å². The van der Waals surface area contributed by atoms with Gasteiger partial charge < -0.3 is 9.79 Å². The minimum atomic E-state index is -3.74. The molecule has 0 aromatic carbocycles. The van der Waals surface area contributed by atoms with Crippen molar-refractivity contribution in [2.24, 2.45) is 0 Å². The van der Waals surface area contributed by atoms with Gasteiger partial charge in [-0.25, -0.2) is 0 Å². The monoisotopic (exact) mass is 236 g/mol. The van der Waals surface area contributed by atoms with Gasteiger partial charge in [-0.1, -0.05) is 58.3 Å². The van der Waals surface area contributed by atoms with Crippen LogP contribution in [-0.2, 0) is 4.57 Å². The van der Waals surface area contributed by atoms with Crippen molar-refractivity contribution in [2.45, 2.75) is 64.7 Å². The maximum Gasteiger partial charge on any atom is 0.325 e. The molecule has 0 rings (SSSR count). The molecule has 0 atom stereocenters. The highest BCUT2D eigenvalue weighted by molar-refractivity contribution is 7.51. The predicted octanol–water partition coefficient (Wildman–Crippen LogP) is 3.69. The maximum atomic E-state index is 10.5. The Balaban J connectivity index is 3.02. The van der Waals surface area contributed by atoms with E-state index in [9.17, 15) is 4.57 Å². The van der Waals surface area contributed by atoms with Crippen LogP contribution in [0.2, 0.25) is 0 Å². The standard InChI is InChI=1S/C11H25O3P/c1-2-3-4-5-6-7-8-9-10-11-15(12,13)14/h2-11H2,1H3,(H2,12,13,14). The summed E-state index contributed by atoms with van der Waals surface area (Å²) in [6.07, 6.45) is 10.5. The number of rotatable bonds is 10. The first kappa shape index (κ1) is 15.2. The molecule has 0 radical (unpaired) electrons. The van der Waals surface area contributed by atoms with Crippen molar-refractivity contribution >= 4 is 7.60 Å². The highest BCUT2D eigenvalue weighted by Crippen LogP contribution is 2.35. The molecule has 0 saturated carbocycles. The Morgan fingerprint density at radius 1 is 0.800 bits per heavy atom. The van der Waals surface area contributed by atoms with E-state index in [4.69, 9.17) is 9.79 Å². The van der Waals surface area contributed by atoms with Crippen LogP contribution in [0.4, 0.5) is 0 Å². The lowest BCUT2D eigenvalue weighted by Crippen LogP contribution is -1.88.